The highest BCUT2D eigenvalue weighted by atomic mass is 15.1. The van der Waals surface area contributed by atoms with Crippen LogP contribution in [-0.4, -0.2) is 37.6 Å². The van der Waals surface area contributed by atoms with Crippen LogP contribution in [0.3, 0.4) is 0 Å². The lowest BCUT2D eigenvalue weighted by Gasteiger charge is -2.35. The van der Waals surface area contributed by atoms with Crippen molar-refractivity contribution in [2.75, 3.05) is 26.7 Å². The Bertz CT molecular complexity index is 227. The lowest BCUT2D eigenvalue weighted by molar-refractivity contribution is 0.185. The Morgan fingerprint density at radius 3 is 2.41 bits per heavy atom. The maximum Gasteiger partial charge on any atom is 0.0107 e. The van der Waals surface area contributed by atoms with Crippen molar-refractivity contribution in [3.05, 3.63) is 0 Å². The molecule has 0 spiro atoms. The third-order valence-corrected chi connectivity index (χ3v) is 4.74. The number of hydrogen-bond donors (Lipinski definition) is 1. The van der Waals surface area contributed by atoms with Gasteiger partial charge >= 0.3 is 0 Å². The molecular formula is C15H30N2. The van der Waals surface area contributed by atoms with E-state index in [2.05, 4.69) is 31.1 Å². The summed E-state index contributed by atoms with van der Waals surface area (Å²) < 4.78 is 0. The summed E-state index contributed by atoms with van der Waals surface area (Å²) in [6.07, 6.45) is 7.16. The van der Waals surface area contributed by atoms with Crippen molar-refractivity contribution in [3.63, 3.8) is 0 Å². The van der Waals surface area contributed by atoms with E-state index in [1.165, 1.54) is 45.2 Å². The molecule has 0 radical (unpaired) electrons. The van der Waals surface area contributed by atoms with E-state index >= 15 is 0 Å². The van der Waals surface area contributed by atoms with Crippen molar-refractivity contribution >= 4 is 0 Å². The lowest BCUT2D eigenvalue weighted by atomic mass is 9.84. The van der Waals surface area contributed by atoms with Gasteiger partial charge in [0, 0.05) is 19.1 Å². The van der Waals surface area contributed by atoms with Crippen LogP contribution in [0.25, 0.3) is 0 Å². The zero-order chi connectivity index (χ0) is 12.3. The first-order valence-electron chi connectivity index (χ1n) is 7.62. The number of nitrogens with one attached hydrogen (secondary N) is 1. The van der Waals surface area contributed by atoms with E-state index in [0.29, 0.717) is 0 Å². The van der Waals surface area contributed by atoms with Crippen LogP contribution < -0.4 is 5.32 Å². The second-order valence-corrected chi connectivity index (χ2v) is 6.40. The van der Waals surface area contributed by atoms with Gasteiger partial charge in [0.1, 0.15) is 0 Å². The van der Waals surface area contributed by atoms with E-state index in [-0.39, 0.29) is 0 Å². The standard InChI is InChI=1S/C15H30N2/c1-4-16-15-8-6-5-7-13(15)10-17(3)11-14-9-12(14)2/h12-16H,4-11H2,1-3H3. The summed E-state index contributed by atoms with van der Waals surface area (Å²) in [5.74, 6) is 2.89. The van der Waals surface area contributed by atoms with Crippen LogP contribution in [-0.2, 0) is 0 Å². The third-order valence-electron chi connectivity index (χ3n) is 4.74. The van der Waals surface area contributed by atoms with Crippen LogP contribution in [0.2, 0.25) is 0 Å². The Hall–Kier alpha value is -0.0800. The van der Waals surface area contributed by atoms with E-state index in [9.17, 15) is 0 Å². The molecule has 0 amide bonds. The van der Waals surface area contributed by atoms with E-state index in [4.69, 9.17) is 0 Å². The lowest BCUT2D eigenvalue weighted by Crippen LogP contribution is -2.43. The van der Waals surface area contributed by atoms with Crippen LogP contribution in [0, 0.1) is 17.8 Å². The Morgan fingerprint density at radius 1 is 1.12 bits per heavy atom. The van der Waals surface area contributed by atoms with Gasteiger partial charge in [0.15, 0.2) is 0 Å². The summed E-state index contributed by atoms with van der Waals surface area (Å²) in [7, 11) is 2.32. The molecule has 2 saturated carbocycles. The summed E-state index contributed by atoms with van der Waals surface area (Å²) in [4.78, 5) is 2.59. The molecule has 0 bridgehead atoms. The average Bonchev–Trinajstić information content (AvgIpc) is 2.97. The highest BCUT2D eigenvalue weighted by Gasteiger charge is 2.34. The second kappa shape index (κ2) is 6.19. The van der Waals surface area contributed by atoms with Gasteiger partial charge in [-0.2, -0.15) is 0 Å². The van der Waals surface area contributed by atoms with Crippen LogP contribution in [0.1, 0.15) is 46.0 Å². The summed E-state index contributed by atoms with van der Waals surface area (Å²) in [6.45, 7) is 8.39. The van der Waals surface area contributed by atoms with Crippen molar-refractivity contribution in [2.24, 2.45) is 17.8 Å². The van der Waals surface area contributed by atoms with E-state index < -0.39 is 0 Å². The van der Waals surface area contributed by atoms with Crippen molar-refractivity contribution in [1.29, 1.82) is 0 Å². The van der Waals surface area contributed by atoms with Crippen LogP contribution in [0.4, 0.5) is 0 Å². The third kappa shape index (κ3) is 3.96. The summed E-state index contributed by atoms with van der Waals surface area (Å²) in [5, 5.41) is 3.69. The topological polar surface area (TPSA) is 15.3 Å². The molecule has 1 N–H and O–H groups in total. The minimum absolute atomic E-state index is 0.785. The fourth-order valence-electron chi connectivity index (χ4n) is 3.49. The monoisotopic (exact) mass is 238 g/mol. The summed E-state index contributed by atoms with van der Waals surface area (Å²) in [6, 6.07) is 0.785. The minimum Gasteiger partial charge on any atom is -0.314 e. The SMILES string of the molecule is CCNC1CCCCC1CN(C)CC1CC1C. The van der Waals surface area contributed by atoms with Crippen LogP contribution >= 0.6 is 0 Å². The maximum atomic E-state index is 3.69. The first-order valence-corrected chi connectivity index (χ1v) is 7.62. The van der Waals surface area contributed by atoms with Gasteiger partial charge in [-0.05, 0) is 50.6 Å². The largest absolute Gasteiger partial charge is 0.314 e. The molecule has 100 valence electrons. The van der Waals surface area contributed by atoms with Crippen molar-refractivity contribution in [3.8, 4) is 0 Å². The number of nitrogens with zero attached hydrogens (tertiary/aromatic N) is 1. The van der Waals surface area contributed by atoms with E-state index in [0.717, 1.165) is 30.3 Å². The van der Waals surface area contributed by atoms with Gasteiger partial charge < -0.3 is 10.2 Å². The molecule has 0 aromatic heterocycles. The second-order valence-electron chi connectivity index (χ2n) is 6.40. The summed E-state index contributed by atoms with van der Waals surface area (Å²) in [5.41, 5.74) is 0. The molecule has 4 unspecified atom stereocenters. The molecule has 0 aromatic carbocycles. The van der Waals surface area contributed by atoms with Gasteiger partial charge in [0.2, 0.25) is 0 Å². The van der Waals surface area contributed by atoms with Gasteiger partial charge in [-0.3, -0.25) is 0 Å². The van der Waals surface area contributed by atoms with E-state index in [1.54, 1.807) is 0 Å². The minimum atomic E-state index is 0.785. The van der Waals surface area contributed by atoms with Gasteiger partial charge in [-0.15, -0.1) is 0 Å². The highest BCUT2D eigenvalue weighted by Crippen LogP contribution is 2.38. The molecule has 2 heteroatoms. The molecule has 4 atom stereocenters. The molecule has 0 saturated heterocycles. The molecule has 2 aliphatic rings. The van der Waals surface area contributed by atoms with E-state index in [1.807, 2.05) is 0 Å². The number of hydrogen-bond acceptors (Lipinski definition) is 2. The molecule has 2 aliphatic carbocycles. The van der Waals surface area contributed by atoms with Crippen LogP contribution in [0.5, 0.6) is 0 Å². The Labute approximate surface area is 107 Å². The van der Waals surface area contributed by atoms with Crippen LogP contribution in [0.15, 0.2) is 0 Å². The Balaban J connectivity index is 1.74. The molecule has 0 heterocycles. The Kier molecular flexibility index (Phi) is 4.87. The highest BCUT2D eigenvalue weighted by molar-refractivity contribution is 4.87. The van der Waals surface area contributed by atoms with Crippen molar-refractivity contribution in [2.45, 2.75) is 52.0 Å². The molecular weight excluding hydrogens is 208 g/mol. The fraction of sp³-hybridized carbons (Fsp3) is 1.00. The van der Waals surface area contributed by atoms with Gasteiger partial charge in [-0.25, -0.2) is 0 Å². The molecule has 2 rings (SSSR count). The smallest absolute Gasteiger partial charge is 0.0107 e. The molecule has 17 heavy (non-hydrogen) atoms. The van der Waals surface area contributed by atoms with Gasteiger partial charge in [-0.1, -0.05) is 26.7 Å². The molecule has 2 fully saturated rings. The predicted octanol–water partition coefficient (Wildman–Crippen LogP) is 2.74. The predicted molar refractivity (Wildman–Crippen MR) is 74.2 cm³/mol. The fourth-order valence-corrected chi connectivity index (χ4v) is 3.49. The quantitative estimate of drug-likeness (QED) is 0.765. The first kappa shape index (κ1) is 13.4. The summed E-state index contributed by atoms with van der Waals surface area (Å²) >= 11 is 0. The average molecular weight is 238 g/mol. The molecule has 0 aliphatic heterocycles. The van der Waals surface area contributed by atoms with Crippen molar-refractivity contribution < 1.29 is 0 Å². The van der Waals surface area contributed by atoms with Gasteiger partial charge in [0.25, 0.3) is 0 Å². The zero-order valence-corrected chi connectivity index (χ0v) is 11.9. The molecule has 2 nitrogen and oxygen atoms in total. The Morgan fingerprint density at radius 2 is 1.76 bits per heavy atom. The number of rotatable bonds is 6. The zero-order valence-electron chi connectivity index (χ0n) is 11.9. The van der Waals surface area contributed by atoms with Crippen molar-refractivity contribution in [1.82, 2.24) is 10.2 Å². The first-order chi connectivity index (χ1) is 8.20. The normalized spacial score (nSPS) is 37.4. The van der Waals surface area contributed by atoms with Gasteiger partial charge in [0.05, 0.1) is 0 Å². The maximum absolute atomic E-state index is 3.69. The molecule has 0 aromatic rings.